The Labute approximate surface area is 186 Å². The van der Waals surface area contributed by atoms with Gasteiger partial charge >= 0.3 is 12.1 Å². The lowest BCUT2D eigenvalue weighted by Crippen LogP contribution is -2.49. The summed E-state index contributed by atoms with van der Waals surface area (Å²) in [7, 11) is 0. The Bertz CT molecular complexity index is 1020. The van der Waals surface area contributed by atoms with Crippen molar-refractivity contribution >= 4 is 18.0 Å². The van der Waals surface area contributed by atoms with Gasteiger partial charge in [0, 0.05) is 12.0 Å². The molecule has 166 valence electrons. The number of nitrogens with zero attached hydrogens (tertiary/aromatic N) is 1. The number of nitrogens with one attached hydrogen (secondary N) is 1. The molecule has 7 heteroatoms. The van der Waals surface area contributed by atoms with Crippen molar-refractivity contribution in [1.82, 2.24) is 10.2 Å². The Kier molecular flexibility index (Phi) is 5.33. The van der Waals surface area contributed by atoms with E-state index in [1.807, 2.05) is 36.4 Å². The average molecular weight is 434 g/mol. The number of aliphatic carboxylic acids is 1. The first-order valence-electron chi connectivity index (χ1n) is 11.2. The third kappa shape index (κ3) is 3.51. The van der Waals surface area contributed by atoms with Gasteiger partial charge < -0.3 is 20.1 Å². The first-order chi connectivity index (χ1) is 15.5. The topological polar surface area (TPSA) is 95.9 Å². The molecule has 2 N–H and O–H groups in total. The van der Waals surface area contributed by atoms with Crippen molar-refractivity contribution in [2.24, 2.45) is 5.92 Å². The molecule has 1 saturated carbocycles. The summed E-state index contributed by atoms with van der Waals surface area (Å²) in [5.74, 6) is -1.15. The van der Waals surface area contributed by atoms with Crippen LogP contribution in [0.3, 0.4) is 0 Å². The Hall–Kier alpha value is -3.35. The van der Waals surface area contributed by atoms with E-state index in [-0.39, 0.29) is 36.9 Å². The zero-order valence-corrected chi connectivity index (χ0v) is 17.7. The minimum absolute atomic E-state index is 0.0343. The highest BCUT2D eigenvalue weighted by molar-refractivity contribution is 5.88. The van der Waals surface area contributed by atoms with Crippen LogP contribution >= 0.6 is 0 Å². The van der Waals surface area contributed by atoms with Gasteiger partial charge in [0.05, 0.1) is 0 Å². The highest BCUT2D eigenvalue weighted by Gasteiger charge is 2.48. The largest absolute Gasteiger partial charge is 0.480 e. The molecule has 2 fully saturated rings. The second-order valence-corrected chi connectivity index (χ2v) is 8.83. The van der Waals surface area contributed by atoms with Gasteiger partial charge in [-0.05, 0) is 47.4 Å². The molecule has 2 amide bonds. The summed E-state index contributed by atoms with van der Waals surface area (Å²) < 4.78 is 5.48. The quantitative estimate of drug-likeness (QED) is 0.752. The molecule has 0 unspecified atom stereocenters. The number of amides is 2. The van der Waals surface area contributed by atoms with Crippen molar-refractivity contribution in [3.05, 3.63) is 59.7 Å². The number of alkyl carbamates (subject to hydrolysis) is 1. The van der Waals surface area contributed by atoms with Gasteiger partial charge in [-0.3, -0.25) is 4.79 Å². The predicted octanol–water partition coefficient (Wildman–Crippen LogP) is 3.38. The van der Waals surface area contributed by atoms with E-state index in [4.69, 9.17) is 4.74 Å². The molecule has 1 aliphatic heterocycles. The van der Waals surface area contributed by atoms with E-state index < -0.39 is 18.1 Å². The number of carbonyl (C=O) groups excluding carboxylic acids is 2. The third-order valence-corrected chi connectivity index (χ3v) is 7.14. The van der Waals surface area contributed by atoms with Crippen LogP contribution < -0.4 is 5.32 Å². The highest BCUT2D eigenvalue weighted by atomic mass is 16.5. The zero-order chi connectivity index (χ0) is 22.2. The molecule has 7 nitrogen and oxygen atoms in total. The number of hydrogen-bond acceptors (Lipinski definition) is 4. The van der Waals surface area contributed by atoms with Crippen LogP contribution in [0.5, 0.6) is 0 Å². The molecule has 2 aromatic carbocycles. The second kappa shape index (κ2) is 8.30. The number of carbonyl (C=O) groups is 3. The van der Waals surface area contributed by atoms with Crippen molar-refractivity contribution in [1.29, 1.82) is 0 Å². The van der Waals surface area contributed by atoms with Gasteiger partial charge in [-0.25, -0.2) is 9.59 Å². The van der Waals surface area contributed by atoms with Gasteiger partial charge in [-0.15, -0.1) is 0 Å². The van der Waals surface area contributed by atoms with Crippen LogP contribution in [0.1, 0.15) is 42.7 Å². The van der Waals surface area contributed by atoms with Crippen LogP contribution in [0.4, 0.5) is 4.79 Å². The first kappa shape index (κ1) is 20.5. The summed E-state index contributed by atoms with van der Waals surface area (Å²) in [5, 5.41) is 12.1. The molecular formula is C25H26N2O5. The standard InChI is InChI=1S/C25H26N2O5/c28-23(27-21-11-5-6-15(21)12-22(27)24(29)30)13-26-25(31)32-14-20-18-9-3-1-7-16(18)17-8-2-4-10-19(17)20/h1-4,7-10,15,20-22H,5-6,11-14H2,(H,26,31)(H,29,30)/t15-,21-,22-/m0/s1. The van der Waals surface area contributed by atoms with Crippen molar-refractivity contribution < 1.29 is 24.2 Å². The van der Waals surface area contributed by atoms with E-state index in [9.17, 15) is 19.5 Å². The maximum absolute atomic E-state index is 12.8. The highest BCUT2D eigenvalue weighted by Crippen LogP contribution is 2.44. The predicted molar refractivity (Wildman–Crippen MR) is 117 cm³/mol. The number of rotatable bonds is 5. The molecule has 5 rings (SSSR count). The van der Waals surface area contributed by atoms with Crippen molar-refractivity contribution in [2.75, 3.05) is 13.2 Å². The van der Waals surface area contributed by atoms with Crippen LogP contribution in [0, 0.1) is 5.92 Å². The SMILES string of the molecule is O=C(NCC(=O)N1[C@H](C(=O)O)C[C@@H]2CCC[C@@H]21)OCC1c2ccccc2-c2ccccc21. The summed E-state index contributed by atoms with van der Waals surface area (Å²) in [6.07, 6.45) is 2.61. The van der Waals surface area contributed by atoms with E-state index >= 15 is 0 Å². The fourth-order valence-corrected chi connectivity index (χ4v) is 5.76. The van der Waals surface area contributed by atoms with E-state index in [0.717, 1.165) is 41.5 Å². The molecule has 32 heavy (non-hydrogen) atoms. The maximum atomic E-state index is 12.8. The van der Waals surface area contributed by atoms with Gasteiger partial charge in [0.1, 0.15) is 19.2 Å². The number of carboxylic acid groups (broad SMARTS) is 1. The number of benzene rings is 2. The number of fused-ring (bicyclic) bond motifs is 4. The number of ether oxygens (including phenoxy) is 1. The minimum Gasteiger partial charge on any atom is -0.480 e. The van der Waals surface area contributed by atoms with Crippen molar-refractivity contribution in [3.8, 4) is 11.1 Å². The lowest BCUT2D eigenvalue weighted by atomic mass is 9.98. The number of likely N-dealkylation sites (tertiary alicyclic amines) is 1. The first-order valence-corrected chi connectivity index (χ1v) is 11.2. The summed E-state index contributed by atoms with van der Waals surface area (Å²) in [5.41, 5.74) is 4.52. The van der Waals surface area contributed by atoms with Crippen molar-refractivity contribution in [3.63, 3.8) is 0 Å². The second-order valence-electron chi connectivity index (χ2n) is 8.83. The molecule has 0 radical (unpaired) electrons. The molecule has 0 bridgehead atoms. The summed E-state index contributed by atoms with van der Waals surface area (Å²) in [6, 6.07) is 15.3. The van der Waals surface area contributed by atoms with E-state index in [1.54, 1.807) is 0 Å². The fraction of sp³-hybridized carbons (Fsp3) is 0.400. The smallest absolute Gasteiger partial charge is 0.407 e. The summed E-state index contributed by atoms with van der Waals surface area (Å²) >= 11 is 0. The monoisotopic (exact) mass is 434 g/mol. The molecule has 2 aliphatic carbocycles. The molecule has 1 saturated heterocycles. The van der Waals surface area contributed by atoms with Gasteiger partial charge in [0.2, 0.25) is 5.91 Å². The third-order valence-electron chi connectivity index (χ3n) is 7.14. The Morgan fingerprint density at radius 1 is 1.00 bits per heavy atom. The maximum Gasteiger partial charge on any atom is 0.407 e. The Morgan fingerprint density at radius 2 is 1.66 bits per heavy atom. The molecule has 3 atom stereocenters. The molecule has 0 aromatic heterocycles. The van der Waals surface area contributed by atoms with Crippen LogP contribution in [0.15, 0.2) is 48.5 Å². The van der Waals surface area contributed by atoms with E-state index in [0.29, 0.717) is 6.42 Å². The van der Waals surface area contributed by atoms with Crippen LogP contribution in [-0.4, -0.2) is 53.2 Å². The van der Waals surface area contributed by atoms with Gasteiger partial charge in [-0.2, -0.15) is 0 Å². The lowest BCUT2D eigenvalue weighted by molar-refractivity contribution is -0.149. The molecule has 3 aliphatic rings. The van der Waals surface area contributed by atoms with Crippen LogP contribution in [-0.2, 0) is 14.3 Å². The number of carboxylic acids is 1. The zero-order valence-electron chi connectivity index (χ0n) is 17.7. The summed E-state index contributed by atoms with van der Waals surface area (Å²) in [4.78, 5) is 38.3. The van der Waals surface area contributed by atoms with Crippen molar-refractivity contribution in [2.45, 2.75) is 43.7 Å². The minimum atomic E-state index is -0.978. The summed E-state index contributed by atoms with van der Waals surface area (Å²) in [6.45, 7) is -0.0934. The average Bonchev–Trinajstić information content (AvgIpc) is 3.47. The van der Waals surface area contributed by atoms with Gasteiger partial charge in [0.15, 0.2) is 0 Å². The normalized spacial score (nSPS) is 23.4. The molecule has 1 heterocycles. The molecular weight excluding hydrogens is 408 g/mol. The van der Waals surface area contributed by atoms with Gasteiger partial charge in [0.25, 0.3) is 0 Å². The van der Waals surface area contributed by atoms with Crippen LogP contribution in [0.25, 0.3) is 11.1 Å². The van der Waals surface area contributed by atoms with Gasteiger partial charge in [-0.1, -0.05) is 55.0 Å². The Morgan fingerprint density at radius 3 is 2.31 bits per heavy atom. The Balaban J connectivity index is 1.20. The fourth-order valence-electron chi connectivity index (χ4n) is 5.76. The number of hydrogen-bond donors (Lipinski definition) is 2. The van der Waals surface area contributed by atoms with E-state index in [1.165, 1.54) is 4.90 Å². The lowest BCUT2D eigenvalue weighted by Gasteiger charge is -2.27. The van der Waals surface area contributed by atoms with Crippen LogP contribution in [0.2, 0.25) is 0 Å². The molecule has 2 aromatic rings. The van der Waals surface area contributed by atoms with E-state index in [2.05, 4.69) is 17.4 Å². The molecule has 0 spiro atoms.